The van der Waals surface area contributed by atoms with Gasteiger partial charge in [-0.25, -0.2) is 8.78 Å². The van der Waals surface area contributed by atoms with Gasteiger partial charge in [0.15, 0.2) is 11.3 Å². The molecular formula is C42H54F2N4O7. The lowest BCUT2D eigenvalue weighted by molar-refractivity contribution is -0.134. The molecule has 298 valence electrons. The smallest absolute Gasteiger partial charge is 0.311 e. The highest BCUT2D eigenvalue weighted by Crippen LogP contribution is 2.46. The molecule has 0 aliphatic carbocycles. The first kappa shape index (κ1) is 41.4. The van der Waals surface area contributed by atoms with Gasteiger partial charge < -0.3 is 29.1 Å². The zero-order valence-electron chi connectivity index (χ0n) is 32.2. The highest BCUT2D eigenvalue weighted by Gasteiger charge is 2.55. The summed E-state index contributed by atoms with van der Waals surface area (Å²) in [5.74, 6) is -3.90. The molecule has 0 unspecified atom stereocenters. The number of pyridine rings is 1. The number of halogens is 2. The normalized spacial score (nSPS) is 20.4. The summed E-state index contributed by atoms with van der Waals surface area (Å²) in [6, 6.07) is 2.08. The van der Waals surface area contributed by atoms with Crippen LogP contribution in [0.2, 0.25) is 0 Å². The summed E-state index contributed by atoms with van der Waals surface area (Å²) < 4.78 is 40.5. The molecule has 1 fully saturated rings. The van der Waals surface area contributed by atoms with Crippen molar-refractivity contribution in [1.29, 1.82) is 0 Å². The van der Waals surface area contributed by atoms with Crippen LogP contribution in [0.4, 0.5) is 8.78 Å². The molecule has 2 aromatic rings. The van der Waals surface area contributed by atoms with Crippen LogP contribution in [0.5, 0.6) is 5.75 Å². The Balaban J connectivity index is 1.29. The predicted molar refractivity (Wildman–Crippen MR) is 205 cm³/mol. The van der Waals surface area contributed by atoms with E-state index in [0.717, 1.165) is 51.0 Å². The van der Waals surface area contributed by atoms with Crippen LogP contribution >= 0.6 is 0 Å². The van der Waals surface area contributed by atoms with Crippen molar-refractivity contribution in [3.05, 3.63) is 87.4 Å². The maximum absolute atomic E-state index is 14.4. The number of hydrogen-bond acceptors (Lipinski definition) is 8. The number of allylic oxidation sites excluding steroid dienone is 4. The maximum atomic E-state index is 14.4. The van der Waals surface area contributed by atoms with Gasteiger partial charge >= 0.3 is 5.97 Å². The molecule has 1 N–H and O–H groups in total. The Bertz CT molecular complexity index is 1840. The van der Waals surface area contributed by atoms with E-state index in [1.807, 2.05) is 6.92 Å². The molecule has 13 heteroatoms. The van der Waals surface area contributed by atoms with E-state index in [4.69, 9.17) is 14.3 Å². The molecule has 1 spiro atoms. The zero-order chi connectivity index (χ0) is 39.4. The van der Waals surface area contributed by atoms with Gasteiger partial charge in [-0.3, -0.25) is 19.2 Å². The number of nitrogens with one attached hydrogen (secondary N) is 1. The van der Waals surface area contributed by atoms with Crippen LogP contribution in [0.15, 0.2) is 58.7 Å². The molecule has 0 radical (unpaired) electrons. The quantitative estimate of drug-likeness (QED) is 0.0924. The van der Waals surface area contributed by atoms with E-state index < -0.39 is 57.8 Å². The number of ether oxygens (including phenoxy) is 2. The Morgan fingerprint density at radius 3 is 2.47 bits per heavy atom. The topological polar surface area (TPSA) is 129 Å². The van der Waals surface area contributed by atoms with Gasteiger partial charge in [0, 0.05) is 43.4 Å². The van der Waals surface area contributed by atoms with Crippen molar-refractivity contribution in [3.63, 3.8) is 0 Å². The lowest BCUT2D eigenvalue weighted by Crippen LogP contribution is -2.52. The van der Waals surface area contributed by atoms with Gasteiger partial charge in [-0.15, -0.1) is 0 Å². The number of hydrogen-bond donors (Lipinski definition) is 1. The molecule has 4 heterocycles. The van der Waals surface area contributed by atoms with E-state index in [9.17, 15) is 28.0 Å². The fraction of sp³-hybridized carbons (Fsp3) is 0.548. The molecule has 1 aromatic heterocycles. The maximum Gasteiger partial charge on any atom is 0.311 e. The molecule has 0 saturated carbocycles. The van der Waals surface area contributed by atoms with Crippen LogP contribution in [0.1, 0.15) is 143 Å². The second-order valence-corrected chi connectivity index (χ2v) is 14.7. The molecule has 55 heavy (non-hydrogen) atoms. The van der Waals surface area contributed by atoms with E-state index in [2.05, 4.69) is 41.7 Å². The standard InChI is InChI=1S/C42H54F2N4O7/c1-4-5-6-7-8-9-10-11-12-13-14-15-16-17-18-19-36(49)54-39-37-41(52)47-28-34(42(23-22-29(47)2)25-35(53-3)46-55-42)48(37)27-32(38(39)50)40(51)45-26-30-20-21-31(43)24-33(30)44/h8-9,11-12,20-21,24,27,29,34H,4-7,10,13-19,22-23,25-26,28H2,1-3H3,(H,45,51)/b9-8-,12-11-/t29-,34+,42-/m0/s1. The minimum absolute atomic E-state index is 0.00276. The first-order valence-electron chi connectivity index (χ1n) is 19.7. The fourth-order valence-electron chi connectivity index (χ4n) is 7.45. The fourth-order valence-corrected chi connectivity index (χ4v) is 7.45. The lowest BCUT2D eigenvalue weighted by Gasteiger charge is -2.41. The first-order valence-corrected chi connectivity index (χ1v) is 19.7. The summed E-state index contributed by atoms with van der Waals surface area (Å²) in [5, 5.41) is 6.65. The number of fused-ring (bicyclic) bond motifs is 5. The first-order chi connectivity index (χ1) is 26.6. The number of unbranched alkanes of at least 4 members (excludes halogenated alkanes) is 8. The van der Waals surface area contributed by atoms with Crippen LogP contribution in [0, 0.1) is 11.6 Å². The third kappa shape index (κ3) is 10.3. The molecule has 5 rings (SSSR count). The second kappa shape index (κ2) is 19.7. The minimum Gasteiger partial charge on any atom is -0.482 e. The van der Waals surface area contributed by atoms with Gasteiger partial charge in [0.05, 0.1) is 19.6 Å². The second-order valence-electron chi connectivity index (χ2n) is 14.7. The van der Waals surface area contributed by atoms with Gasteiger partial charge in [0.25, 0.3) is 11.8 Å². The number of carbonyl (C=O) groups excluding carboxylic acids is 3. The average Bonchev–Trinajstić information content (AvgIpc) is 3.55. The van der Waals surface area contributed by atoms with Gasteiger partial charge in [-0.05, 0) is 64.4 Å². The number of carbonyl (C=O) groups is 3. The Morgan fingerprint density at radius 2 is 1.76 bits per heavy atom. The van der Waals surface area contributed by atoms with Crippen molar-refractivity contribution in [2.45, 2.75) is 134 Å². The number of oxime groups is 1. The molecule has 11 nitrogen and oxygen atoms in total. The Labute approximate surface area is 321 Å². The van der Waals surface area contributed by atoms with Gasteiger partial charge in [-0.2, -0.15) is 0 Å². The molecule has 1 saturated heterocycles. The average molecular weight is 765 g/mol. The van der Waals surface area contributed by atoms with E-state index in [0.29, 0.717) is 31.2 Å². The highest BCUT2D eigenvalue weighted by atomic mass is 19.1. The SMILES string of the molecule is CCCCC/C=C\C/C=C\CCCCCCCC(=O)Oc1c2n(cc(C(=O)NCc3ccc(F)cc3F)c1=O)[C@@H]1CN(C2=O)[C@@H](C)CC[C@]12CC(OC)=NO2. The van der Waals surface area contributed by atoms with Gasteiger partial charge in [-0.1, -0.05) is 74.6 Å². The molecule has 3 aliphatic rings. The predicted octanol–water partition coefficient (Wildman–Crippen LogP) is 8.07. The highest BCUT2D eigenvalue weighted by molar-refractivity contribution is 6.00. The van der Waals surface area contributed by atoms with Crippen molar-refractivity contribution in [3.8, 4) is 5.75 Å². The number of nitrogens with zero attached hydrogens (tertiary/aromatic N) is 3. The van der Waals surface area contributed by atoms with Gasteiger partial charge in [0.2, 0.25) is 17.1 Å². The van der Waals surface area contributed by atoms with Crippen LogP contribution < -0.4 is 15.5 Å². The Morgan fingerprint density at radius 1 is 1.04 bits per heavy atom. The van der Waals surface area contributed by atoms with Crippen molar-refractivity contribution in [1.82, 2.24) is 14.8 Å². The minimum atomic E-state index is -0.980. The zero-order valence-corrected chi connectivity index (χ0v) is 32.2. The summed E-state index contributed by atoms with van der Waals surface area (Å²) in [6.45, 7) is 3.95. The number of esters is 1. The van der Waals surface area contributed by atoms with Crippen LogP contribution in [-0.2, 0) is 20.9 Å². The van der Waals surface area contributed by atoms with E-state index in [1.54, 1.807) is 4.90 Å². The summed E-state index contributed by atoms with van der Waals surface area (Å²) in [7, 11) is 1.49. The van der Waals surface area contributed by atoms with E-state index in [1.165, 1.54) is 43.2 Å². The monoisotopic (exact) mass is 764 g/mol. The Hall–Kier alpha value is -4.81. The summed E-state index contributed by atoms with van der Waals surface area (Å²) in [4.78, 5) is 62.8. The van der Waals surface area contributed by atoms with Crippen LogP contribution in [0.25, 0.3) is 0 Å². The molecule has 3 aliphatic heterocycles. The van der Waals surface area contributed by atoms with Crippen molar-refractivity contribution in [2.75, 3.05) is 13.7 Å². The lowest BCUT2D eigenvalue weighted by atomic mass is 9.85. The third-order valence-corrected chi connectivity index (χ3v) is 10.7. The molecule has 1 aromatic carbocycles. The molecule has 2 bridgehead atoms. The van der Waals surface area contributed by atoms with Crippen molar-refractivity contribution >= 4 is 23.7 Å². The summed E-state index contributed by atoms with van der Waals surface area (Å²) >= 11 is 0. The molecule has 2 amide bonds. The number of benzene rings is 1. The molecular weight excluding hydrogens is 710 g/mol. The summed E-state index contributed by atoms with van der Waals surface area (Å²) in [5.41, 5.74) is -2.49. The van der Waals surface area contributed by atoms with Crippen molar-refractivity contribution < 1.29 is 37.5 Å². The third-order valence-electron chi connectivity index (χ3n) is 10.7. The van der Waals surface area contributed by atoms with Crippen molar-refractivity contribution in [2.24, 2.45) is 5.16 Å². The summed E-state index contributed by atoms with van der Waals surface area (Å²) in [6.07, 6.45) is 22.6. The molecule has 3 atom stereocenters. The van der Waals surface area contributed by atoms with E-state index in [-0.39, 0.29) is 43.2 Å². The van der Waals surface area contributed by atoms with Gasteiger partial charge in [0.1, 0.15) is 17.2 Å². The number of aromatic nitrogens is 1. The van der Waals surface area contributed by atoms with Crippen LogP contribution in [0.3, 0.4) is 0 Å². The van der Waals surface area contributed by atoms with E-state index >= 15 is 0 Å². The number of rotatable bonds is 18. The largest absolute Gasteiger partial charge is 0.482 e. The number of amides is 2. The Kier molecular flexibility index (Phi) is 14.8. The van der Waals surface area contributed by atoms with Crippen LogP contribution in [-0.4, -0.2) is 58.4 Å². The number of methoxy groups -OCH3 is 1.